The van der Waals surface area contributed by atoms with Gasteiger partial charge in [0.05, 0.1) is 13.2 Å². The van der Waals surface area contributed by atoms with Gasteiger partial charge in [-0.15, -0.1) is 0 Å². The van der Waals surface area contributed by atoms with E-state index in [9.17, 15) is 5.26 Å². The standard InChI is InChI=1S/C24H26N4O3/c1-24(2)22(21(17-27)23(31-24)19(15-25)16-26)10-7-18-5-8-20(9-6-18)28(11-13-29-3)12-14-30-4/h5-10H,11-14H2,1-4H3/b10-7+. The number of rotatable bonds is 9. The molecule has 0 fully saturated rings. The largest absolute Gasteiger partial charge is 0.480 e. The molecule has 0 amide bonds. The predicted octanol–water partition coefficient (Wildman–Crippen LogP) is 3.73. The second-order valence-electron chi connectivity index (χ2n) is 7.34. The molecule has 2 rings (SSSR count). The van der Waals surface area contributed by atoms with Crippen LogP contribution < -0.4 is 4.90 Å². The molecule has 0 atom stereocenters. The zero-order chi connectivity index (χ0) is 22.9. The normalized spacial score (nSPS) is 14.7. The van der Waals surface area contributed by atoms with Crippen molar-refractivity contribution in [1.82, 2.24) is 0 Å². The number of nitrogens with zero attached hydrogens (tertiary/aromatic N) is 4. The van der Waals surface area contributed by atoms with Crippen molar-refractivity contribution >= 4 is 11.8 Å². The molecule has 0 unspecified atom stereocenters. The smallest absolute Gasteiger partial charge is 0.172 e. The summed E-state index contributed by atoms with van der Waals surface area (Å²) in [7, 11) is 3.36. The SMILES string of the molecule is COCCN(CCOC)c1ccc(/C=C/C2=C(C#N)C(=C(C#N)C#N)OC2(C)C)cc1. The van der Waals surface area contributed by atoms with Crippen LogP contribution in [0.3, 0.4) is 0 Å². The molecule has 0 aliphatic carbocycles. The molecule has 31 heavy (non-hydrogen) atoms. The quantitative estimate of drug-likeness (QED) is 0.563. The van der Waals surface area contributed by atoms with E-state index in [2.05, 4.69) is 11.0 Å². The van der Waals surface area contributed by atoms with Crippen LogP contribution in [0.15, 0.2) is 52.8 Å². The van der Waals surface area contributed by atoms with Gasteiger partial charge in [-0.1, -0.05) is 24.3 Å². The van der Waals surface area contributed by atoms with Gasteiger partial charge in [-0.2, -0.15) is 15.8 Å². The van der Waals surface area contributed by atoms with Crippen molar-refractivity contribution in [3.8, 4) is 18.2 Å². The number of methoxy groups -OCH3 is 2. The van der Waals surface area contributed by atoms with Gasteiger partial charge in [0.25, 0.3) is 0 Å². The van der Waals surface area contributed by atoms with Gasteiger partial charge in [0.2, 0.25) is 0 Å². The van der Waals surface area contributed by atoms with Gasteiger partial charge in [-0.05, 0) is 31.5 Å². The number of hydrogen-bond donors (Lipinski definition) is 0. The number of anilines is 1. The van der Waals surface area contributed by atoms with E-state index in [1.165, 1.54) is 0 Å². The Bertz CT molecular complexity index is 975. The fourth-order valence-corrected chi connectivity index (χ4v) is 3.23. The lowest BCUT2D eigenvalue weighted by molar-refractivity contribution is 0.0954. The molecule has 0 radical (unpaired) electrons. The molecule has 0 N–H and O–H groups in total. The Balaban J connectivity index is 2.31. The van der Waals surface area contributed by atoms with E-state index in [0.717, 1.165) is 24.3 Å². The first-order valence-corrected chi connectivity index (χ1v) is 9.81. The summed E-state index contributed by atoms with van der Waals surface area (Å²) in [5.41, 5.74) is 1.81. The van der Waals surface area contributed by atoms with Gasteiger partial charge in [-0.3, -0.25) is 0 Å². The summed E-state index contributed by atoms with van der Waals surface area (Å²) in [6.45, 7) is 6.36. The number of nitriles is 3. The van der Waals surface area contributed by atoms with Gasteiger partial charge >= 0.3 is 0 Å². The van der Waals surface area contributed by atoms with Crippen LogP contribution in [0.5, 0.6) is 0 Å². The van der Waals surface area contributed by atoms with E-state index in [0.29, 0.717) is 18.8 Å². The van der Waals surface area contributed by atoms with Crippen molar-refractivity contribution in [2.75, 3.05) is 45.4 Å². The fraction of sp³-hybridized carbons (Fsp3) is 0.375. The minimum absolute atomic E-state index is 0.0411. The summed E-state index contributed by atoms with van der Waals surface area (Å²) >= 11 is 0. The van der Waals surface area contributed by atoms with Crippen LogP contribution in [-0.4, -0.2) is 46.1 Å². The third-order valence-corrected chi connectivity index (χ3v) is 4.90. The van der Waals surface area contributed by atoms with E-state index in [1.807, 2.05) is 30.3 Å². The van der Waals surface area contributed by atoms with Crippen LogP contribution in [0.1, 0.15) is 19.4 Å². The van der Waals surface area contributed by atoms with Crippen LogP contribution in [0.25, 0.3) is 6.08 Å². The summed E-state index contributed by atoms with van der Waals surface area (Å²) < 4.78 is 16.2. The third-order valence-electron chi connectivity index (χ3n) is 4.90. The number of ether oxygens (including phenoxy) is 3. The highest BCUT2D eigenvalue weighted by atomic mass is 16.5. The van der Waals surface area contributed by atoms with Crippen LogP contribution in [-0.2, 0) is 14.2 Å². The Hall–Kier alpha value is -3.57. The van der Waals surface area contributed by atoms with Crippen molar-refractivity contribution < 1.29 is 14.2 Å². The van der Waals surface area contributed by atoms with E-state index >= 15 is 0 Å². The fourth-order valence-electron chi connectivity index (χ4n) is 3.23. The monoisotopic (exact) mass is 418 g/mol. The molecule has 160 valence electrons. The Morgan fingerprint density at radius 3 is 2.06 bits per heavy atom. The van der Waals surface area contributed by atoms with Crippen LogP contribution in [0.2, 0.25) is 0 Å². The first kappa shape index (κ1) is 23.7. The number of allylic oxidation sites excluding steroid dienone is 2. The highest BCUT2D eigenvalue weighted by molar-refractivity contribution is 5.65. The Morgan fingerprint density at radius 1 is 1.00 bits per heavy atom. The minimum Gasteiger partial charge on any atom is -0.480 e. The van der Waals surface area contributed by atoms with Crippen LogP contribution >= 0.6 is 0 Å². The second-order valence-corrected chi connectivity index (χ2v) is 7.34. The molecule has 7 heteroatoms. The minimum atomic E-state index is -0.826. The summed E-state index contributed by atoms with van der Waals surface area (Å²) in [5, 5.41) is 27.9. The van der Waals surface area contributed by atoms with Crippen molar-refractivity contribution in [1.29, 1.82) is 15.8 Å². The average molecular weight is 418 g/mol. The molecular weight excluding hydrogens is 392 g/mol. The summed E-state index contributed by atoms with van der Waals surface area (Å²) in [5.74, 6) is 0.0411. The summed E-state index contributed by atoms with van der Waals surface area (Å²) in [6, 6.07) is 13.7. The molecule has 7 nitrogen and oxygen atoms in total. The van der Waals surface area contributed by atoms with Crippen LogP contribution in [0.4, 0.5) is 5.69 Å². The maximum atomic E-state index is 9.61. The van der Waals surface area contributed by atoms with Gasteiger partial charge < -0.3 is 19.1 Å². The van der Waals surface area contributed by atoms with E-state index in [1.54, 1.807) is 46.3 Å². The Labute approximate surface area is 183 Å². The molecule has 1 aliphatic heterocycles. The Kier molecular flexibility index (Phi) is 8.41. The zero-order valence-corrected chi connectivity index (χ0v) is 18.3. The Morgan fingerprint density at radius 2 is 1.58 bits per heavy atom. The maximum Gasteiger partial charge on any atom is 0.172 e. The van der Waals surface area contributed by atoms with Gasteiger partial charge in [0.15, 0.2) is 11.3 Å². The molecule has 1 aromatic carbocycles. The molecule has 1 aromatic rings. The van der Waals surface area contributed by atoms with E-state index < -0.39 is 5.60 Å². The van der Waals surface area contributed by atoms with Crippen molar-refractivity contribution in [2.24, 2.45) is 0 Å². The van der Waals surface area contributed by atoms with Gasteiger partial charge in [0.1, 0.15) is 29.4 Å². The molecule has 0 spiro atoms. The maximum absolute atomic E-state index is 9.61. The number of hydrogen-bond acceptors (Lipinski definition) is 7. The average Bonchev–Trinajstić information content (AvgIpc) is 3.03. The van der Waals surface area contributed by atoms with Crippen molar-refractivity contribution in [2.45, 2.75) is 19.4 Å². The highest BCUT2D eigenvalue weighted by Gasteiger charge is 2.38. The lowest BCUT2D eigenvalue weighted by atomic mass is 9.94. The molecule has 0 saturated heterocycles. The van der Waals surface area contributed by atoms with Crippen LogP contribution in [0, 0.1) is 34.0 Å². The second kappa shape index (κ2) is 11.0. The summed E-state index contributed by atoms with van der Waals surface area (Å²) in [4.78, 5) is 2.19. The topological polar surface area (TPSA) is 102 Å². The molecule has 1 heterocycles. The van der Waals surface area contributed by atoms with E-state index in [4.69, 9.17) is 24.7 Å². The molecular formula is C24H26N4O3. The molecule has 0 aromatic heterocycles. The lowest BCUT2D eigenvalue weighted by Crippen LogP contribution is -2.30. The zero-order valence-electron chi connectivity index (χ0n) is 18.3. The lowest BCUT2D eigenvalue weighted by Gasteiger charge is -2.24. The molecule has 0 bridgehead atoms. The molecule has 1 aliphatic rings. The van der Waals surface area contributed by atoms with Gasteiger partial charge in [0, 0.05) is 38.6 Å². The highest BCUT2D eigenvalue weighted by Crippen LogP contribution is 2.40. The summed E-state index contributed by atoms with van der Waals surface area (Å²) in [6.07, 6.45) is 3.69. The van der Waals surface area contributed by atoms with Gasteiger partial charge in [-0.25, -0.2) is 0 Å². The van der Waals surface area contributed by atoms with Crippen molar-refractivity contribution in [3.63, 3.8) is 0 Å². The predicted molar refractivity (Wildman–Crippen MR) is 117 cm³/mol. The first-order chi connectivity index (χ1) is 14.9. The molecule has 0 saturated carbocycles. The van der Waals surface area contributed by atoms with Crippen molar-refractivity contribution in [3.05, 3.63) is 58.4 Å². The number of benzene rings is 1. The third kappa shape index (κ3) is 5.74. The van der Waals surface area contributed by atoms with E-state index in [-0.39, 0.29) is 16.9 Å². The first-order valence-electron chi connectivity index (χ1n) is 9.81.